The van der Waals surface area contributed by atoms with Gasteiger partial charge in [0.1, 0.15) is 30.8 Å². The molecule has 1 saturated carbocycles. The van der Waals surface area contributed by atoms with Crippen molar-refractivity contribution >= 4 is 23.5 Å². The third-order valence-electron chi connectivity index (χ3n) is 6.72. The molecule has 216 valence electrons. The normalized spacial score (nSPS) is 21.5. The van der Waals surface area contributed by atoms with Crippen LogP contribution in [0.4, 0.5) is 0 Å². The van der Waals surface area contributed by atoms with Crippen molar-refractivity contribution in [1.29, 1.82) is 0 Å². The molecule has 5 atom stereocenters. The molecule has 0 saturated heterocycles. The Labute approximate surface area is 240 Å². The van der Waals surface area contributed by atoms with Crippen molar-refractivity contribution in [1.82, 2.24) is 5.32 Å². The fraction of sp³-hybridized carbons (Fsp3) is 0.419. The molecule has 3 rings (SSSR count). The van der Waals surface area contributed by atoms with Gasteiger partial charge in [0, 0.05) is 23.8 Å². The first kappa shape index (κ1) is 31.4. The molecule has 1 fully saturated rings. The minimum Gasteiger partial charge on any atom is -0.491 e. The highest BCUT2D eigenvalue weighted by Crippen LogP contribution is 2.36. The zero-order chi connectivity index (χ0) is 28.9. The third kappa shape index (κ3) is 10.8. The Balaban J connectivity index is 1.34. The van der Waals surface area contributed by atoms with Crippen molar-refractivity contribution < 1.29 is 34.4 Å². The van der Waals surface area contributed by atoms with E-state index in [0.717, 1.165) is 5.56 Å². The minimum absolute atomic E-state index is 0.0360. The van der Waals surface area contributed by atoms with Crippen LogP contribution >= 0.6 is 11.6 Å². The SMILES string of the molecule is Cc1ccc(OC(=O)CNC(=O)CCC/C=C\C[C@@H]2[C@@H](/C=C/[C@@H](O)COc3cccc(Cl)c3)[C@H](O)C[C@@H]2O)cc1. The van der Waals surface area contributed by atoms with Crippen molar-refractivity contribution in [2.75, 3.05) is 13.2 Å². The molecule has 2 aromatic rings. The molecule has 0 heterocycles. The first-order valence-corrected chi connectivity index (χ1v) is 13.9. The van der Waals surface area contributed by atoms with Crippen LogP contribution in [0.2, 0.25) is 5.02 Å². The third-order valence-corrected chi connectivity index (χ3v) is 6.96. The van der Waals surface area contributed by atoms with Gasteiger partial charge in [-0.05, 0) is 62.4 Å². The molecule has 1 aliphatic carbocycles. The fourth-order valence-corrected chi connectivity index (χ4v) is 4.72. The largest absolute Gasteiger partial charge is 0.491 e. The molecule has 40 heavy (non-hydrogen) atoms. The summed E-state index contributed by atoms with van der Waals surface area (Å²) >= 11 is 5.94. The van der Waals surface area contributed by atoms with E-state index < -0.39 is 24.3 Å². The Morgan fingerprint density at radius 1 is 1.10 bits per heavy atom. The van der Waals surface area contributed by atoms with Gasteiger partial charge in [0.25, 0.3) is 0 Å². The van der Waals surface area contributed by atoms with Crippen molar-refractivity contribution in [3.8, 4) is 11.5 Å². The molecule has 0 bridgehead atoms. The van der Waals surface area contributed by atoms with Gasteiger partial charge >= 0.3 is 5.97 Å². The number of hydrogen-bond acceptors (Lipinski definition) is 7. The number of carbonyl (C=O) groups is 2. The summed E-state index contributed by atoms with van der Waals surface area (Å²) in [6.45, 7) is 1.78. The number of aryl methyl sites for hydroxylation is 1. The van der Waals surface area contributed by atoms with Crippen molar-refractivity contribution in [3.05, 3.63) is 83.4 Å². The van der Waals surface area contributed by atoms with Crippen LogP contribution in [0.15, 0.2) is 72.8 Å². The second-order valence-electron chi connectivity index (χ2n) is 10.00. The van der Waals surface area contributed by atoms with E-state index in [4.69, 9.17) is 21.1 Å². The van der Waals surface area contributed by atoms with Crippen molar-refractivity contribution in [2.45, 2.75) is 57.3 Å². The first-order chi connectivity index (χ1) is 19.2. The van der Waals surface area contributed by atoms with E-state index in [1.807, 2.05) is 31.2 Å². The molecular weight excluding hydrogens is 534 g/mol. The average molecular weight is 572 g/mol. The molecule has 0 unspecified atom stereocenters. The minimum atomic E-state index is -0.879. The molecule has 9 heteroatoms. The van der Waals surface area contributed by atoms with E-state index in [-0.39, 0.29) is 43.7 Å². The van der Waals surface area contributed by atoms with Crippen LogP contribution in [0.3, 0.4) is 0 Å². The van der Waals surface area contributed by atoms with Gasteiger partial charge in [-0.3, -0.25) is 4.79 Å². The van der Waals surface area contributed by atoms with Crippen molar-refractivity contribution in [2.24, 2.45) is 11.8 Å². The lowest BCUT2D eigenvalue weighted by atomic mass is 9.89. The van der Waals surface area contributed by atoms with Crippen LogP contribution in [0.1, 0.15) is 37.7 Å². The van der Waals surface area contributed by atoms with E-state index in [1.165, 1.54) is 0 Å². The summed E-state index contributed by atoms with van der Waals surface area (Å²) in [5.41, 5.74) is 1.06. The first-order valence-electron chi connectivity index (χ1n) is 13.5. The second kappa shape index (κ2) is 16.2. The number of amides is 1. The van der Waals surface area contributed by atoms with Crippen LogP contribution in [0.5, 0.6) is 11.5 Å². The number of halogens is 1. The molecule has 0 aromatic heterocycles. The standard InChI is InChI=1S/C31H38ClNO7/c1-21-11-14-24(15-12-21)40-31(38)19-33-30(37)10-5-3-2-4-9-26-27(29(36)18-28(26)35)16-13-23(34)20-39-25-8-6-7-22(32)17-25/h2,4,6-8,11-17,23,26-29,34-36H,3,5,9-10,18-20H2,1H3,(H,33,37)/b4-2-,16-13+/t23-,26-,27-,28+,29-/m1/s1. The average Bonchev–Trinajstić information content (AvgIpc) is 3.19. The van der Waals surface area contributed by atoms with Crippen LogP contribution < -0.4 is 14.8 Å². The summed E-state index contributed by atoms with van der Waals surface area (Å²) in [6.07, 6.45) is 7.36. The number of aliphatic hydroxyl groups excluding tert-OH is 3. The topological polar surface area (TPSA) is 125 Å². The van der Waals surface area contributed by atoms with Crippen LogP contribution in [0.25, 0.3) is 0 Å². The van der Waals surface area contributed by atoms with E-state index in [1.54, 1.807) is 48.6 Å². The van der Waals surface area contributed by atoms with E-state index in [9.17, 15) is 24.9 Å². The molecule has 0 aliphatic heterocycles. The summed E-state index contributed by atoms with van der Waals surface area (Å²) in [6, 6.07) is 14.0. The molecular formula is C31H38ClNO7. The Kier molecular flexibility index (Phi) is 12.7. The zero-order valence-electron chi connectivity index (χ0n) is 22.6. The summed E-state index contributed by atoms with van der Waals surface area (Å²) in [4.78, 5) is 23.9. The number of unbranched alkanes of at least 4 members (excludes halogenated alkanes) is 1. The predicted molar refractivity (Wildman–Crippen MR) is 153 cm³/mol. The number of esters is 1. The van der Waals surface area contributed by atoms with Crippen LogP contribution in [-0.2, 0) is 9.59 Å². The summed E-state index contributed by atoms with van der Waals surface area (Å²) < 4.78 is 10.7. The smallest absolute Gasteiger partial charge is 0.330 e. The fourth-order valence-electron chi connectivity index (χ4n) is 4.54. The number of benzene rings is 2. The van der Waals surface area contributed by atoms with Gasteiger partial charge in [-0.15, -0.1) is 0 Å². The lowest BCUT2D eigenvalue weighted by molar-refractivity contribution is -0.135. The van der Waals surface area contributed by atoms with Gasteiger partial charge in [0.2, 0.25) is 5.91 Å². The number of carbonyl (C=O) groups excluding carboxylic acids is 2. The van der Waals surface area contributed by atoms with Gasteiger partial charge < -0.3 is 30.1 Å². The molecule has 8 nitrogen and oxygen atoms in total. The number of ether oxygens (including phenoxy) is 2. The summed E-state index contributed by atoms with van der Waals surface area (Å²) in [5, 5.41) is 34.3. The number of allylic oxidation sites excluding steroid dienone is 2. The second-order valence-corrected chi connectivity index (χ2v) is 10.4. The lowest BCUT2D eigenvalue weighted by Gasteiger charge is -2.19. The highest BCUT2D eigenvalue weighted by atomic mass is 35.5. The maximum Gasteiger partial charge on any atom is 0.330 e. The Bertz CT molecular complexity index is 1150. The molecule has 4 N–H and O–H groups in total. The Hall–Kier alpha value is -3.17. The number of aliphatic hydroxyl groups is 3. The lowest BCUT2D eigenvalue weighted by Crippen LogP contribution is -2.31. The van der Waals surface area contributed by atoms with E-state index in [2.05, 4.69) is 5.32 Å². The van der Waals surface area contributed by atoms with Gasteiger partial charge in [0.15, 0.2) is 0 Å². The molecule has 1 amide bonds. The Morgan fingerprint density at radius 2 is 1.88 bits per heavy atom. The predicted octanol–water partition coefficient (Wildman–Crippen LogP) is 4.14. The van der Waals surface area contributed by atoms with Crippen LogP contribution in [-0.4, -0.2) is 58.7 Å². The highest BCUT2D eigenvalue weighted by Gasteiger charge is 2.39. The highest BCUT2D eigenvalue weighted by molar-refractivity contribution is 6.30. The van der Waals surface area contributed by atoms with Gasteiger partial charge in [0.05, 0.1) is 12.2 Å². The van der Waals surface area contributed by atoms with Gasteiger partial charge in [-0.1, -0.05) is 59.7 Å². The number of hydrogen-bond donors (Lipinski definition) is 4. The van der Waals surface area contributed by atoms with Crippen molar-refractivity contribution in [3.63, 3.8) is 0 Å². The monoisotopic (exact) mass is 571 g/mol. The quantitative estimate of drug-likeness (QED) is 0.116. The van der Waals surface area contributed by atoms with Crippen LogP contribution in [0, 0.1) is 18.8 Å². The maximum atomic E-state index is 12.0. The van der Waals surface area contributed by atoms with Gasteiger partial charge in [-0.2, -0.15) is 0 Å². The van der Waals surface area contributed by atoms with E-state index >= 15 is 0 Å². The maximum absolute atomic E-state index is 12.0. The zero-order valence-corrected chi connectivity index (χ0v) is 23.4. The number of rotatable bonds is 14. The summed E-state index contributed by atoms with van der Waals surface area (Å²) in [7, 11) is 0. The molecule has 0 radical (unpaired) electrons. The molecule has 1 aliphatic rings. The van der Waals surface area contributed by atoms with E-state index in [0.29, 0.717) is 35.8 Å². The number of nitrogens with one attached hydrogen (secondary N) is 1. The Morgan fingerprint density at radius 3 is 2.62 bits per heavy atom. The summed E-state index contributed by atoms with van der Waals surface area (Å²) in [5.74, 6) is -0.257. The van der Waals surface area contributed by atoms with Gasteiger partial charge in [-0.25, -0.2) is 4.79 Å². The molecule has 2 aromatic carbocycles. The molecule has 0 spiro atoms.